The highest BCUT2D eigenvalue weighted by molar-refractivity contribution is 6.13. The Morgan fingerprint density at radius 2 is 1.45 bits per heavy atom. The first kappa shape index (κ1) is 74.1. The molecule has 5 rings (SSSR count). The number of carbonyl (C=O) groups excluding carboxylic acids is 9. The van der Waals surface area contributed by atoms with Crippen molar-refractivity contribution < 1.29 is 62.3 Å². The molecule has 1 fully saturated rings. The number of aliphatic imine (C=N–C) groups is 1. The van der Waals surface area contributed by atoms with Gasteiger partial charge in [0.2, 0.25) is 11.8 Å². The molecule has 1 N–H and O–H groups in total. The molecule has 496 valence electrons. The summed E-state index contributed by atoms with van der Waals surface area (Å²) >= 11 is 0. The fraction of sp³-hybridized carbons (Fsp3) is 0.571. The van der Waals surface area contributed by atoms with E-state index in [9.17, 15) is 53.3 Å². The molecule has 0 spiro atoms. The number of likely N-dealkylation sites (N-methyl/N-ethyl adjacent to an activating group) is 2. The molecule has 21 nitrogen and oxygen atoms in total. The number of benzene rings is 3. The monoisotopic (exact) mass is 1260 g/mol. The largest absolute Gasteiger partial charge is 0.441 e. The highest BCUT2D eigenvalue weighted by Crippen LogP contribution is 2.35. The first-order valence-corrected chi connectivity index (χ1v) is 32.0. The summed E-state index contributed by atoms with van der Waals surface area (Å²) in [7, 11) is 8.61. The second kappa shape index (κ2) is 35.3. The van der Waals surface area contributed by atoms with Gasteiger partial charge in [-0.15, -0.1) is 0 Å². The van der Waals surface area contributed by atoms with Crippen LogP contribution >= 0.6 is 0 Å². The first-order valence-electron chi connectivity index (χ1n) is 32.0. The van der Waals surface area contributed by atoms with Gasteiger partial charge in [0.1, 0.15) is 24.2 Å². The quantitative estimate of drug-likeness (QED) is 0.0140. The fourth-order valence-electron chi connectivity index (χ4n) is 12.8. The Balaban J connectivity index is 1.18. The summed E-state index contributed by atoms with van der Waals surface area (Å²) in [5.74, 6) is -3.76. The number of ketones is 4. The number of amides is 5. The van der Waals surface area contributed by atoms with E-state index in [4.69, 9.17) is 14.2 Å². The Hall–Kier alpha value is -7.62. The molecule has 0 aliphatic carbocycles. The van der Waals surface area contributed by atoms with E-state index in [1.54, 1.807) is 69.2 Å². The molecule has 21 heteroatoms. The first-order chi connectivity index (χ1) is 43.1. The van der Waals surface area contributed by atoms with E-state index in [0.717, 1.165) is 4.90 Å². The lowest BCUT2D eigenvalue weighted by atomic mass is 9.83. The van der Waals surface area contributed by atoms with Crippen LogP contribution in [0.15, 0.2) is 89.9 Å². The van der Waals surface area contributed by atoms with E-state index in [1.165, 1.54) is 30.4 Å². The van der Waals surface area contributed by atoms with Crippen molar-refractivity contribution in [2.24, 2.45) is 40.5 Å². The van der Waals surface area contributed by atoms with Crippen molar-refractivity contribution in [2.75, 3.05) is 60.3 Å². The summed E-state index contributed by atoms with van der Waals surface area (Å²) in [6, 6.07) is 18.6. The molecule has 91 heavy (non-hydrogen) atoms. The molecule has 2 aliphatic rings. The standard InChI is InChI=1S/C70H97N7O14/c1-15-45(6)66(74(12)69(85)55(43(2)3)40-59(80)65(44(4)5)73(10)11)61(89-13)41-64(84)75-36-22-26-56(75)68(90-14)47(8)58(79)37-46(7)67(51-23-18-16-19-24-51)91-70(86)72-52-30-28-50(29-31-52)48(9)71-42-60(81)54-32-27-49(39-57(54)77(87)88)38-53(78)25-20-17-21-35-76-62(82)33-34-63(76)83/h16,18-19,23-24,27-34,39,43-47,55-56,61,65-68H,15,17,20-22,25-26,35-38,40-42H2,1-14H3,(H,72,86)/t45-,46-,47-,55-,56-,61+,65-,66-,67?,68+/m0/s1. The zero-order chi connectivity index (χ0) is 67.4. The number of rotatable bonds is 37. The summed E-state index contributed by atoms with van der Waals surface area (Å²) < 4.78 is 18.3. The van der Waals surface area contributed by atoms with Crippen LogP contribution in [0.3, 0.4) is 0 Å². The SMILES string of the molecule is CC[C@H](C)[C@@H]([C@@H](CC(=O)N1CCC[C@H]1[C@H](OC)[C@@H](C)C(=O)C[C@H](C)C(OC(=O)Nc1ccc(C(C)=NCC(=O)c2ccc(CC(=O)CCCCCN3C(=O)C=CC3=O)cc2[N+](=O)[O-])cc1)c1ccccc1)OC)N(C)C(=O)[C@@H](CC(=O)[C@H](C(C)C)N(C)C)C(C)C. The Kier molecular flexibility index (Phi) is 28.7. The predicted octanol–water partition coefficient (Wildman–Crippen LogP) is 10.5. The molecule has 1 unspecified atom stereocenters. The number of likely N-dealkylation sites (tertiary alicyclic amines) is 1. The number of unbranched alkanes of at least 4 members (excludes halogenated alkanes) is 2. The van der Waals surface area contributed by atoms with E-state index in [1.807, 2.05) is 97.8 Å². The maximum atomic E-state index is 14.6. The molecule has 3 aromatic carbocycles. The number of Topliss-reactive ketones (excluding diaryl/α,β-unsaturated/α-hetero) is 4. The number of hydrogen-bond acceptors (Lipinski definition) is 16. The lowest BCUT2D eigenvalue weighted by Crippen LogP contribution is -2.54. The molecule has 2 aliphatic heterocycles. The lowest BCUT2D eigenvalue weighted by molar-refractivity contribution is -0.385. The Bertz CT molecular complexity index is 3060. The normalized spacial score (nSPS) is 17.3. The van der Waals surface area contributed by atoms with Crippen molar-refractivity contribution >= 4 is 69.9 Å². The second-order valence-electron chi connectivity index (χ2n) is 25.5. The minimum Gasteiger partial charge on any atom is -0.441 e. The van der Waals surface area contributed by atoms with Crippen molar-refractivity contribution in [3.63, 3.8) is 0 Å². The molecule has 0 aromatic heterocycles. The molecular weight excluding hydrogens is 1160 g/mol. The maximum absolute atomic E-state index is 14.6. The average Bonchev–Trinajstić information content (AvgIpc) is 1.86. The van der Waals surface area contributed by atoms with Crippen LogP contribution in [0.25, 0.3) is 0 Å². The van der Waals surface area contributed by atoms with Gasteiger partial charge < -0.3 is 24.0 Å². The number of nitro groups is 1. The van der Waals surface area contributed by atoms with Gasteiger partial charge in [-0.2, -0.15) is 0 Å². The third-order valence-corrected chi connectivity index (χ3v) is 18.0. The smallest absolute Gasteiger partial charge is 0.412 e. The number of ether oxygens (including phenoxy) is 3. The Morgan fingerprint density at radius 3 is 2.03 bits per heavy atom. The van der Waals surface area contributed by atoms with E-state index < -0.39 is 77.2 Å². The summed E-state index contributed by atoms with van der Waals surface area (Å²) in [6.45, 7) is 17.6. The van der Waals surface area contributed by atoms with E-state index in [0.29, 0.717) is 73.2 Å². The minimum absolute atomic E-state index is 0.0142. The number of anilines is 1. The van der Waals surface area contributed by atoms with Crippen LogP contribution in [0.5, 0.6) is 0 Å². The number of nitrogens with one attached hydrogen (secondary N) is 1. The van der Waals surface area contributed by atoms with Crippen molar-refractivity contribution in [3.8, 4) is 0 Å². The summed E-state index contributed by atoms with van der Waals surface area (Å²) in [4.78, 5) is 143. The van der Waals surface area contributed by atoms with Crippen molar-refractivity contribution in [3.05, 3.63) is 117 Å². The fourth-order valence-corrected chi connectivity index (χ4v) is 12.8. The molecule has 10 atom stereocenters. The minimum atomic E-state index is -0.849. The van der Waals surface area contributed by atoms with E-state index in [-0.39, 0.29) is 109 Å². The molecule has 2 heterocycles. The summed E-state index contributed by atoms with van der Waals surface area (Å²) in [5, 5.41) is 14.9. The molecule has 0 saturated carbocycles. The van der Waals surface area contributed by atoms with Gasteiger partial charge in [0.05, 0.1) is 47.2 Å². The highest BCUT2D eigenvalue weighted by Gasteiger charge is 2.44. The highest BCUT2D eigenvalue weighted by atomic mass is 16.6. The van der Waals surface area contributed by atoms with Crippen LogP contribution in [0.2, 0.25) is 0 Å². The van der Waals surface area contributed by atoms with Crippen molar-refractivity contribution in [1.29, 1.82) is 0 Å². The lowest BCUT2D eigenvalue weighted by Gasteiger charge is -2.41. The zero-order valence-corrected chi connectivity index (χ0v) is 55.8. The number of nitro benzene ring substituents is 1. The Labute approximate surface area is 537 Å². The van der Waals surface area contributed by atoms with Crippen LogP contribution in [0, 0.1) is 45.6 Å². The van der Waals surface area contributed by atoms with Crippen LogP contribution in [0.4, 0.5) is 16.2 Å². The van der Waals surface area contributed by atoms with Crippen LogP contribution in [0.1, 0.15) is 160 Å². The molecule has 5 amide bonds. The number of nitrogens with zero attached hydrogens (tertiary/aromatic N) is 6. The maximum Gasteiger partial charge on any atom is 0.412 e. The van der Waals surface area contributed by atoms with Gasteiger partial charge in [-0.05, 0) is 99.3 Å². The van der Waals surface area contributed by atoms with Gasteiger partial charge in [0.25, 0.3) is 17.5 Å². The summed E-state index contributed by atoms with van der Waals surface area (Å²) in [6.07, 6.45) is 3.42. The average molecular weight is 1260 g/mol. The number of hydrogen-bond donors (Lipinski definition) is 1. The van der Waals surface area contributed by atoms with Crippen molar-refractivity contribution in [1.82, 2.24) is 19.6 Å². The molecule has 3 aromatic rings. The van der Waals surface area contributed by atoms with Crippen molar-refractivity contribution in [2.45, 2.75) is 169 Å². The van der Waals surface area contributed by atoms with E-state index >= 15 is 0 Å². The summed E-state index contributed by atoms with van der Waals surface area (Å²) in [5.41, 5.74) is 1.93. The van der Waals surface area contributed by atoms with Gasteiger partial charge >= 0.3 is 6.09 Å². The van der Waals surface area contributed by atoms with Gasteiger partial charge in [-0.1, -0.05) is 117 Å². The topological polar surface area (TPSA) is 262 Å². The second-order valence-corrected chi connectivity index (χ2v) is 25.5. The van der Waals surface area contributed by atoms with Crippen LogP contribution < -0.4 is 5.32 Å². The van der Waals surface area contributed by atoms with Crippen LogP contribution in [-0.4, -0.2) is 168 Å². The Morgan fingerprint density at radius 1 is 0.791 bits per heavy atom. The third kappa shape index (κ3) is 20.4. The molecule has 0 radical (unpaired) electrons. The number of carbonyl (C=O) groups is 9. The van der Waals surface area contributed by atoms with Gasteiger partial charge in [0.15, 0.2) is 11.6 Å². The zero-order valence-electron chi connectivity index (χ0n) is 55.8. The van der Waals surface area contributed by atoms with Gasteiger partial charge in [0, 0.05) is 107 Å². The molecule has 1 saturated heterocycles. The number of methoxy groups -OCH3 is 2. The molecule has 0 bridgehead atoms. The third-order valence-electron chi connectivity index (χ3n) is 18.0. The molecular formula is C70H97N7O14. The van der Waals surface area contributed by atoms with Crippen LogP contribution in [-0.2, 0) is 54.2 Å². The predicted molar refractivity (Wildman–Crippen MR) is 348 cm³/mol. The van der Waals surface area contributed by atoms with Gasteiger partial charge in [-0.25, -0.2) is 4.79 Å². The number of imide groups is 1. The van der Waals surface area contributed by atoms with Gasteiger partial charge in [-0.3, -0.25) is 68.6 Å². The van der Waals surface area contributed by atoms with E-state index in [2.05, 4.69) is 10.3 Å².